The first-order valence-corrected chi connectivity index (χ1v) is 7.56. The van der Waals surface area contributed by atoms with Gasteiger partial charge in [0, 0.05) is 26.4 Å². The predicted octanol–water partition coefficient (Wildman–Crippen LogP) is -4.11. The standard InChI is InChI=1S/2C4H8O.2C4H9O.2ClH.Hf/c2*1-2-4-5-3-1;2*1-4(2,3)5;;;/h2*1-4H2;2*1-3H3;2*1H;/q;;2*-1;;;+4/p-2. The predicted molar refractivity (Wildman–Crippen MR) is 79.6 cm³/mol. The second-order valence-corrected chi connectivity index (χ2v) is 6.86. The van der Waals surface area contributed by atoms with Crippen molar-refractivity contribution in [3.8, 4) is 0 Å². The van der Waals surface area contributed by atoms with E-state index in [1.165, 1.54) is 25.7 Å². The molecule has 0 unspecified atom stereocenters. The van der Waals surface area contributed by atoms with E-state index in [2.05, 4.69) is 0 Å². The molecule has 2 aliphatic rings. The SMILES string of the molecule is C1CCOC1.C1CCOC1.CC(C)(C)[O-].CC(C)(C)[O-].[Cl-].[Cl-].[Hf+4]. The molecular weight excluding hydrogens is 506 g/mol. The van der Waals surface area contributed by atoms with Crippen LogP contribution in [0.4, 0.5) is 0 Å². The van der Waals surface area contributed by atoms with Crippen molar-refractivity contribution in [3.63, 3.8) is 0 Å². The maximum Gasteiger partial charge on any atom is 4.00 e. The molecule has 0 atom stereocenters. The van der Waals surface area contributed by atoms with Crippen LogP contribution in [0.15, 0.2) is 0 Å². The Morgan fingerprint density at radius 2 is 0.696 bits per heavy atom. The van der Waals surface area contributed by atoms with Crippen LogP contribution in [0, 0.1) is 0 Å². The monoisotopic (exact) mass is 540 g/mol. The summed E-state index contributed by atoms with van der Waals surface area (Å²) < 4.78 is 9.89. The smallest absolute Gasteiger partial charge is 1.00 e. The molecule has 0 N–H and O–H groups in total. The molecule has 2 aliphatic heterocycles. The maximum absolute atomic E-state index is 10.1. The van der Waals surface area contributed by atoms with Gasteiger partial charge >= 0.3 is 25.8 Å². The van der Waals surface area contributed by atoms with Gasteiger partial charge in [-0.25, -0.2) is 0 Å². The first-order chi connectivity index (χ1) is 9.00. The number of hydrogen-bond acceptors (Lipinski definition) is 4. The van der Waals surface area contributed by atoms with E-state index in [0.29, 0.717) is 0 Å². The Kier molecular flexibility index (Phi) is 32.8. The fourth-order valence-corrected chi connectivity index (χ4v) is 1.02. The minimum atomic E-state index is -0.750. The number of hydrogen-bond donors (Lipinski definition) is 0. The Morgan fingerprint density at radius 3 is 0.739 bits per heavy atom. The topological polar surface area (TPSA) is 64.6 Å². The van der Waals surface area contributed by atoms with E-state index < -0.39 is 11.2 Å². The molecule has 7 heteroatoms. The van der Waals surface area contributed by atoms with Crippen LogP contribution in [0.2, 0.25) is 0 Å². The summed E-state index contributed by atoms with van der Waals surface area (Å²) in [6, 6.07) is 0. The van der Waals surface area contributed by atoms with Gasteiger partial charge in [0.05, 0.1) is 0 Å². The molecule has 0 saturated carbocycles. The van der Waals surface area contributed by atoms with Crippen LogP contribution in [0.1, 0.15) is 67.2 Å². The van der Waals surface area contributed by atoms with Crippen LogP contribution in [0.3, 0.4) is 0 Å². The van der Waals surface area contributed by atoms with E-state index in [4.69, 9.17) is 9.47 Å². The molecule has 4 nitrogen and oxygen atoms in total. The van der Waals surface area contributed by atoms with Gasteiger partial charge in [-0.15, -0.1) is 11.2 Å². The average molecular weight is 540 g/mol. The first-order valence-electron chi connectivity index (χ1n) is 7.56. The fraction of sp³-hybridized carbons (Fsp3) is 1.00. The number of rotatable bonds is 0. The van der Waals surface area contributed by atoms with Gasteiger partial charge < -0.3 is 44.5 Å². The van der Waals surface area contributed by atoms with E-state index in [1.807, 2.05) is 0 Å². The molecular formula is C16H34Cl2HfO4. The molecule has 0 aromatic heterocycles. The Morgan fingerprint density at radius 1 is 0.565 bits per heavy atom. The van der Waals surface area contributed by atoms with Gasteiger partial charge in [0.25, 0.3) is 0 Å². The molecule has 2 rings (SSSR count). The van der Waals surface area contributed by atoms with Crippen molar-refractivity contribution in [2.45, 2.75) is 78.4 Å². The second-order valence-electron chi connectivity index (χ2n) is 6.86. The van der Waals surface area contributed by atoms with Crippen molar-refractivity contribution in [1.82, 2.24) is 0 Å². The molecule has 140 valence electrons. The van der Waals surface area contributed by atoms with Crippen molar-refractivity contribution in [2.75, 3.05) is 26.4 Å². The summed E-state index contributed by atoms with van der Waals surface area (Å²) in [5, 5.41) is 20.2. The molecule has 0 bridgehead atoms. The van der Waals surface area contributed by atoms with Gasteiger partial charge in [-0.3, -0.25) is 0 Å². The molecule has 0 amide bonds. The third kappa shape index (κ3) is 82.8. The second kappa shape index (κ2) is 21.3. The molecule has 2 heterocycles. The third-order valence-corrected chi connectivity index (χ3v) is 1.65. The van der Waals surface area contributed by atoms with Crippen molar-refractivity contribution in [2.24, 2.45) is 0 Å². The van der Waals surface area contributed by atoms with Gasteiger partial charge in [-0.2, -0.15) is 0 Å². The molecule has 0 aromatic rings. The molecule has 23 heavy (non-hydrogen) atoms. The first kappa shape index (κ1) is 35.4. The minimum absolute atomic E-state index is 0. The van der Waals surface area contributed by atoms with Crippen LogP contribution >= 0.6 is 0 Å². The van der Waals surface area contributed by atoms with Crippen molar-refractivity contribution in [3.05, 3.63) is 0 Å². The third-order valence-electron chi connectivity index (χ3n) is 1.65. The minimum Gasteiger partial charge on any atom is -1.00 e. The summed E-state index contributed by atoms with van der Waals surface area (Å²) in [6.07, 6.45) is 5.11. The van der Waals surface area contributed by atoms with Gasteiger partial charge in [0.2, 0.25) is 0 Å². The summed E-state index contributed by atoms with van der Waals surface area (Å²) in [5.74, 6) is 0. The maximum atomic E-state index is 10.1. The Balaban J connectivity index is -0.0000000600. The molecule has 0 aromatic carbocycles. The zero-order valence-corrected chi connectivity index (χ0v) is 20.7. The van der Waals surface area contributed by atoms with Gasteiger partial charge in [-0.05, 0) is 25.7 Å². The Hall–Kier alpha value is 1.29. The summed E-state index contributed by atoms with van der Waals surface area (Å²) in [6.45, 7) is 13.8. The fourth-order valence-electron chi connectivity index (χ4n) is 1.02. The van der Waals surface area contributed by atoms with Crippen LogP contribution in [0.5, 0.6) is 0 Å². The number of halogens is 2. The molecule has 0 aliphatic carbocycles. The molecule has 2 saturated heterocycles. The van der Waals surface area contributed by atoms with Crippen LogP contribution < -0.4 is 35.0 Å². The Bertz CT molecular complexity index is 150. The largest absolute Gasteiger partial charge is 4.00 e. The molecule has 2 fully saturated rings. The van der Waals surface area contributed by atoms with Crippen LogP contribution in [-0.4, -0.2) is 37.6 Å². The van der Waals surface area contributed by atoms with Crippen molar-refractivity contribution >= 4 is 0 Å². The number of ether oxygens (including phenoxy) is 2. The van der Waals surface area contributed by atoms with E-state index in [0.717, 1.165) is 26.4 Å². The van der Waals surface area contributed by atoms with Crippen molar-refractivity contribution in [1.29, 1.82) is 0 Å². The summed E-state index contributed by atoms with van der Waals surface area (Å²) in [5.41, 5.74) is -1.50. The molecule has 0 spiro atoms. The zero-order chi connectivity index (χ0) is 16.1. The summed E-state index contributed by atoms with van der Waals surface area (Å²) >= 11 is 0. The van der Waals surface area contributed by atoms with Gasteiger partial charge in [0.15, 0.2) is 0 Å². The molecule has 0 radical (unpaired) electrons. The van der Waals surface area contributed by atoms with Gasteiger partial charge in [0.1, 0.15) is 0 Å². The van der Waals surface area contributed by atoms with Crippen LogP contribution in [0.25, 0.3) is 0 Å². The van der Waals surface area contributed by atoms with E-state index in [1.54, 1.807) is 41.5 Å². The Labute approximate surface area is 174 Å². The van der Waals surface area contributed by atoms with E-state index in [9.17, 15) is 10.2 Å². The zero-order valence-electron chi connectivity index (χ0n) is 15.5. The van der Waals surface area contributed by atoms with Gasteiger partial charge in [-0.1, -0.05) is 41.5 Å². The quantitative estimate of drug-likeness (QED) is 0.294. The van der Waals surface area contributed by atoms with Crippen LogP contribution in [-0.2, 0) is 35.3 Å². The van der Waals surface area contributed by atoms with Crippen molar-refractivity contribution < 1.29 is 70.3 Å². The summed E-state index contributed by atoms with van der Waals surface area (Å²) in [7, 11) is 0. The van der Waals surface area contributed by atoms with E-state index in [-0.39, 0.29) is 50.7 Å². The summed E-state index contributed by atoms with van der Waals surface area (Å²) in [4.78, 5) is 0. The average Bonchev–Trinajstić information content (AvgIpc) is 2.92. The van der Waals surface area contributed by atoms with E-state index >= 15 is 0 Å². The normalized spacial score (nSPS) is 15.7.